The monoisotopic (exact) mass is 404 g/mol. The molecule has 7 nitrogen and oxygen atoms in total. The number of aromatic nitrogens is 6. The van der Waals surface area contributed by atoms with Crippen molar-refractivity contribution in [2.45, 2.75) is 51.0 Å². The van der Waals surface area contributed by atoms with Crippen molar-refractivity contribution in [3.8, 4) is 5.75 Å². The van der Waals surface area contributed by atoms with E-state index in [4.69, 9.17) is 9.72 Å². The van der Waals surface area contributed by atoms with Crippen molar-refractivity contribution >= 4 is 11.0 Å². The predicted molar refractivity (Wildman–Crippen MR) is 117 cm³/mol. The maximum Gasteiger partial charge on any atom is 0.177 e. The van der Waals surface area contributed by atoms with Gasteiger partial charge in [0.25, 0.3) is 0 Å². The molecule has 156 valence electrons. The Labute approximate surface area is 177 Å². The van der Waals surface area contributed by atoms with Crippen molar-refractivity contribution in [3.63, 3.8) is 0 Å². The molecule has 0 aliphatic heterocycles. The fraction of sp³-hybridized carbons (Fsp3) is 0.391. The van der Waals surface area contributed by atoms with Crippen molar-refractivity contribution in [1.29, 1.82) is 0 Å². The molecule has 1 aliphatic carbocycles. The number of fused-ring (bicyclic) bond motifs is 1. The summed E-state index contributed by atoms with van der Waals surface area (Å²) in [6.45, 7) is 2.12. The summed E-state index contributed by atoms with van der Waals surface area (Å²) < 4.78 is 8.48. The minimum absolute atomic E-state index is 0. The molecular weight excluding hydrogens is 376 g/mol. The highest BCUT2D eigenvalue weighted by Crippen LogP contribution is 2.33. The van der Waals surface area contributed by atoms with E-state index in [-0.39, 0.29) is 7.53 Å². The first-order valence-corrected chi connectivity index (χ1v) is 10.6. The first-order valence-electron chi connectivity index (χ1n) is 10.6. The number of aromatic amines is 1. The Balaban J connectivity index is 0.00000231. The Morgan fingerprint density at radius 2 is 2.00 bits per heavy atom. The SMILES string of the molecule is Cc1cccc(Cc2nc3cc(OC4CCC(c5nn[nH]n5)CC4)ccc3n2C)c1.[HH]. The molecule has 0 unspecified atom stereocenters. The first kappa shape index (κ1) is 18.8. The average molecular weight is 405 g/mol. The van der Waals surface area contributed by atoms with Gasteiger partial charge in [-0.2, -0.15) is 5.21 Å². The maximum atomic E-state index is 6.30. The smallest absolute Gasteiger partial charge is 0.177 e. The summed E-state index contributed by atoms with van der Waals surface area (Å²) in [5.41, 5.74) is 4.67. The highest BCUT2D eigenvalue weighted by Gasteiger charge is 2.26. The first-order chi connectivity index (χ1) is 14.7. The second-order valence-electron chi connectivity index (χ2n) is 8.26. The highest BCUT2D eigenvalue weighted by molar-refractivity contribution is 5.77. The van der Waals surface area contributed by atoms with Crippen molar-refractivity contribution in [2.75, 3.05) is 0 Å². The summed E-state index contributed by atoms with van der Waals surface area (Å²) in [6, 6.07) is 14.9. The van der Waals surface area contributed by atoms with Gasteiger partial charge in [0.2, 0.25) is 0 Å². The third-order valence-electron chi connectivity index (χ3n) is 6.09. The van der Waals surface area contributed by atoms with Gasteiger partial charge < -0.3 is 9.30 Å². The Morgan fingerprint density at radius 1 is 1.13 bits per heavy atom. The zero-order valence-electron chi connectivity index (χ0n) is 17.4. The van der Waals surface area contributed by atoms with E-state index in [1.165, 1.54) is 11.1 Å². The van der Waals surface area contributed by atoms with E-state index in [1.807, 2.05) is 0 Å². The zero-order valence-corrected chi connectivity index (χ0v) is 17.4. The minimum atomic E-state index is 0. The average Bonchev–Trinajstić information content (AvgIpc) is 3.38. The Morgan fingerprint density at radius 3 is 2.77 bits per heavy atom. The van der Waals surface area contributed by atoms with Gasteiger partial charge in [-0.25, -0.2) is 4.98 Å². The van der Waals surface area contributed by atoms with Crippen LogP contribution in [0.5, 0.6) is 5.75 Å². The van der Waals surface area contributed by atoms with E-state index >= 15 is 0 Å². The molecule has 30 heavy (non-hydrogen) atoms. The largest absolute Gasteiger partial charge is 0.490 e. The molecule has 0 amide bonds. The third kappa shape index (κ3) is 3.79. The van der Waals surface area contributed by atoms with Crippen LogP contribution in [0.1, 0.15) is 55.8 Å². The summed E-state index contributed by atoms with van der Waals surface area (Å²) in [6.07, 6.45) is 5.09. The minimum Gasteiger partial charge on any atom is -0.490 e. The van der Waals surface area contributed by atoms with Crippen LogP contribution in [0.2, 0.25) is 0 Å². The van der Waals surface area contributed by atoms with E-state index in [1.54, 1.807) is 0 Å². The van der Waals surface area contributed by atoms with Crippen LogP contribution >= 0.6 is 0 Å². The molecule has 2 aromatic carbocycles. The molecule has 2 aromatic heterocycles. The van der Waals surface area contributed by atoms with Crippen LogP contribution in [0.4, 0.5) is 0 Å². The topological polar surface area (TPSA) is 81.5 Å². The van der Waals surface area contributed by atoms with Crippen LogP contribution in [-0.4, -0.2) is 36.3 Å². The van der Waals surface area contributed by atoms with Gasteiger partial charge in [-0.3, -0.25) is 0 Å². The van der Waals surface area contributed by atoms with Crippen LogP contribution in [0.3, 0.4) is 0 Å². The van der Waals surface area contributed by atoms with E-state index in [0.29, 0.717) is 5.92 Å². The zero-order chi connectivity index (χ0) is 20.5. The van der Waals surface area contributed by atoms with E-state index < -0.39 is 0 Å². The second kappa shape index (κ2) is 7.89. The molecule has 4 aromatic rings. The third-order valence-corrected chi connectivity index (χ3v) is 6.09. The fourth-order valence-electron chi connectivity index (χ4n) is 4.44. The van der Waals surface area contributed by atoms with E-state index in [9.17, 15) is 0 Å². The summed E-state index contributed by atoms with van der Waals surface area (Å²) in [7, 11) is 2.08. The molecule has 0 atom stereocenters. The molecule has 5 rings (SSSR count). The number of aryl methyl sites for hydroxylation is 2. The van der Waals surface area contributed by atoms with Crippen LogP contribution < -0.4 is 4.74 Å². The van der Waals surface area contributed by atoms with Crippen molar-refractivity contribution in [1.82, 2.24) is 30.2 Å². The molecule has 0 spiro atoms. The summed E-state index contributed by atoms with van der Waals surface area (Å²) >= 11 is 0. The van der Waals surface area contributed by atoms with Gasteiger partial charge in [-0.05, 0) is 50.3 Å². The summed E-state index contributed by atoms with van der Waals surface area (Å²) in [4.78, 5) is 4.89. The molecule has 2 heterocycles. The molecule has 1 N–H and O–H groups in total. The molecule has 0 bridgehead atoms. The molecule has 1 aliphatic rings. The molecule has 1 saturated carbocycles. The van der Waals surface area contributed by atoms with Gasteiger partial charge >= 0.3 is 0 Å². The van der Waals surface area contributed by atoms with Gasteiger partial charge in [0, 0.05) is 26.9 Å². The number of H-pyrrole nitrogens is 1. The lowest BCUT2D eigenvalue weighted by Crippen LogP contribution is -2.23. The number of benzene rings is 2. The lowest BCUT2D eigenvalue weighted by Gasteiger charge is -2.27. The number of rotatable bonds is 5. The lowest BCUT2D eigenvalue weighted by atomic mass is 9.87. The number of nitrogens with one attached hydrogen (secondary N) is 1. The lowest BCUT2D eigenvalue weighted by molar-refractivity contribution is 0.145. The molecule has 0 saturated heterocycles. The van der Waals surface area contributed by atoms with Crippen molar-refractivity contribution in [3.05, 3.63) is 65.2 Å². The predicted octanol–water partition coefficient (Wildman–Crippen LogP) is 4.34. The van der Waals surface area contributed by atoms with E-state index in [2.05, 4.69) is 81.6 Å². The van der Waals surface area contributed by atoms with Crippen LogP contribution in [-0.2, 0) is 13.5 Å². The molecule has 1 fully saturated rings. The summed E-state index contributed by atoms with van der Waals surface area (Å²) in [5.74, 6) is 3.16. The number of tetrazole rings is 1. The van der Waals surface area contributed by atoms with Crippen molar-refractivity contribution in [2.24, 2.45) is 7.05 Å². The standard InChI is InChI=1S/C23H26N6O.H2/c1-15-4-3-5-16(12-15)13-22-24-20-14-19(10-11-21(20)29(22)2)30-18-8-6-17(7-9-18)23-25-27-28-26-23;/h3-5,10-12,14,17-18H,6-9,13H2,1-2H3,(H,25,26,27,28);1H. The quantitative estimate of drug-likeness (QED) is 0.535. The number of nitrogens with zero attached hydrogens (tertiary/aromatic N) is 5. The van der Waals surface area contributed by atoms with Crippen LogP contribution in [0.15, 0.2) is 42.5 Å². The van der Waals surface area contributed by atoms with Gasteiger partial charge in [0.15, 0.2) is 5.82 Å². The van der Waals surface area contributed by atoms with E-state index in [0.717, 1.165) is 60.5 Å². The number of ether oxygens (including phenoxy) is 1. The number of hydrogen-bond acceptors (Lipinski definition) is 5. The normalized spacial score (nSPS) is 19.3. The van der Waals surface area contributed by atoms with Gasteiger partial charge in [0.1, 0.15) is 11.6 Å². The highest BCUT2D eigenvalue weighted by atomic mass is 16.5. The van der Waals surface area contributed by atoms with Crippen molar-refractivity contribution < 1.29 is 6.16 Å². The van der Waals surface area contributed by atoms with Gasteiger partial charge in [0.05, 0.1) is 17.1 Å². The number of imidazole rings is 1. The Hall–Kier alpha value is -3.22. The Bertz CT molecular complexity index is 1150. The molecular formula is C23H28N6O. The molecule has 0 radical (unpaired) electrons. The second-order valence-corrected chi connectivity index (χ2v) is 8.26. The maximum absolute atomic E-state index is 6.30. The van der Waals surface area contributed by atoms with Gasteiger partial charge in [-0.1, -0.05) is 35.0 Å². The van der Waals surface area contributed by atoms with Gasteiger partial charge in [-0.15, -0.1) is 10.2 Å². The Kier molecular flexibility index (Phi) is 4.94. The van der Waals surface area contributed by atoms with Crippen LogP contribution in [0.25, 0.3) is 11.0 Å². The van der Waals surface area contributed by atoms with Crippen LogP contribution in [0, 0.1) is 6.92 Å². The fourth-order valence-corrected chi connectivity index (χ4v) is 4.44. The number of hydrogen-bond donors (Lipinski definition) is 1. The molecule has 7 heteroatoms. The summed E-state index contributed by atoms with van der Waals surface area (Å²) in [5, 5.41) is 14.5.